The zero-order valence-corrected chi connectivity index (χ0v) is 18.5. The zero-order valence-electron chi connectivity index (χ0n) is 18.5. The Bertz CT molecular complexity index is 1510. The molecule has 6 rings (SSSR count). The first-order valence-electron chi connectivity index (χ1n) is 11.1. The van der Waals surface area contributed by atoms with Gasteiger partial charge in [-0.15, -0.1) is 0 Å². The lowest BCUT2D eigenvalue weighted by Crippen LogP contribution is -2.52. The summed E-state index contributed by atoms with van der Waals surface area (Å²) in [5.41, 5.74) is 6.22. The van der Waals surface area contributed by atoms with Crippen molar-refractivity contribution in [3.8, 4) is 22.4 Å². The van der Waals surface area contributed by atoms with Gasteiger partial charge in [0, 0.05) is 48.3 Å². The van der Waals surface area contributed by atoms with Crippen molar-refractivity contribution in [1.29, 1.82) is 0 Å². The number of nitrogens with zero attached hydrogens (tertiary/aromatic N) is 4. The van der Waals surface area contributed by atoms with Crippen LogP contribution in [0.3, 0.4) is 0 Å². The van der Waals surface area contributed by atoms with E-state index >= 15 is 0 Å². The number of carbonyl (C=O) groups excluding carboxylic acids is 3. The molecule has 2 aromatic heterocycles. The third-order valence-corrected chi connectivity index (χ3v) is 6.65. The van der Waals surface area contributed by atoms with Crippen molar-refractivity contribution >= 4 is 28.6 Å². The third-order valence-electron chi connectivity index (χ3n) is 6.65. The highest BCUT2D eigenvalue weighted by molar-refractivity contribution is 6.05. The molecular formula is C26H21N5O3. The SMILES string of the molecule is Cn1ncc(-c2ccc3c(c2)CN([C@H]2CCC(=O)NC2=O)C3=O)c1-c1ccc2cccnc2c1. The molecule has 2 aliphatic heterocycles. The van der Waals surface area contributed by atoms with Crippen molar-refractivity contribution in [2.75, 3.05) is 0 Å². The number of amides is 3. The first kappa shape index (κ1) is 20.3. The summed E-state index contributed by atoms with van der Waals surface area (Å²) in [5.74, 6) is -0.874. The highest BCUT2D eigenvalue weighted by Crippen LogP contribution is 2.36. The van der Waals surface area contributed by atoms with Crippen LogP contribution in [0.25, 0.3) is 33.3 Å². The van der Waals surface area contributed by atoms with Crippen molar-refractivity contribution in [2.45, 2.75) is 25.4 Å². The highest BCUT2D eigenvalue weighted by atomic mass is 16.2. The van der Waals surface area contributed by atoms with Gasteiger partial charge in [-0.2, -0.15) is 5.10 Å². The maximum Gasteiger partial charge on any atom is 0.255 e. The van der Waals surface area contributed by atoms with Gasteiger partial charge in [0.2, 0.25) is 11.8 Å². The molecule has 8 nitrogen and oxygen atoms in total. The molecule has 4 heterocycles. The number of nitrogens with one attached hydrogen (secondary N) is 1. The molecule has 0 bridgehead atoms. The molecule has 3 amide bonds. The number of benzene rings is 2. The summed E-state index contributed by atoms with van der Waals surface area (Å²) in [6, 6.07) is 15.2. The van der Waals surface area contributed by atoms with E-state index < -0.39 is 11.9 Å². The van der Waals surface area contributed by atoms with Gasteiger partial charge in [-0.05, 0) is 41.8 Å². The fourth-order valence-corrected chi connectivity index (χ4v) is 4.95. The minimum absolute atomic E-state index is 0.178. The molecule has 0 aliphatic carbocycles. The quantitative estimate of drug-likeness (QED) is 0.483. The Hall–Kier alpha value is -4.33. The Balaban J connectivity index is 1.36. The van der Waals surface area contributed by atoms with Crippen LogP contribution in [0.15, 0.2) is 60.9 Å². The molecule has 34 heavy (non-hydrogen) atoms. The minimum atomic E-state index is -0.625. The van der Waals surface area contributed by atoms with Gasteiger partial charge in [0.15, 0.2) is 0 Å². The lowest BCUT2D eigenvalue weighted by molar-refractivity contribution is -0.136. The largest absolute Gasteiger partial charge is 0.322 e. The number of imide groups is 1. The van der Waals surface area contributed by atoms with Gasteiger partial charge in [0.1, 0.15) is 6.04 Å². The Morgan fingerprint density at radius 3 is 2.71 bits per heavy atom. The molecule has 1 atom stereocenters. The van der Waals surface area contributed by atoms with E-state index in [2.05, 4.69) is 27.5 Å². The van der Waals surface area contributed by atoms with E-state index in [4.69, 9.17) is 0 Å². The normalized spacial score (nSPS) is 17.9. The molecule has 0 saturated carbocycles. The van der Waals surface area contributed by atoms with Gasteiger partial charge < -0.3 is 4.90 Å². The maximum atomic E-state index is 13.0. The van der Waals surface area contributed by atoms with E-state index in [-0.39, 0.29) is 18.2 Å². The summed E-state index contributed by atoms with van der Waals surface area (Å²) in [7, 11) is 1.91. The second kappa shape index (κ2) is 7.62. The van der Waals surface area contributed by atoms with E-state index in [9.17, 15) is 14.4 Å². The van der Waals surface area contributed by atoms with Crippen LogP contribution in [0.2, 0.25) is 0 Å². The number of carbonyl (C=O) groups is 3. The minimum Gasteiger partial charge on any atom is -0.322 e. The van der Waals surface area contributed by atoms with Crippen LogP contribution in [0.4, 0.5) is 0 Å². The molecule has 2 aliphatic rings. The monoisotopic (exact) mass is 451 g/mol. The predicted molar refractivity (Wildman–Crippen MR) is 125 cm³/mol. The van der Waals surface area contributed by atoms with Crippen LogP contribution in [-0.4, -0.2) is 43.4 Å². The number of aryl methyl sites for hydroxylation is 1. The summed E-state index contributed by atoms with van der Waals surface area (Å²) in [4.78, 5) is 42.9. The molecule has 0 unspecified atom stereocenters. The van der Waals surface area contributed by atoms with Crippen LogP contribution < -0.4 is 5.32 Å². The number of pyridine rings is 1. The number of rotatable bonds is 3. The molecule has 0 radical (unpaired) electrons. The van der Waals surface area contributed by atoms with Gasteiger partial charge in [-0.3, -0.25) is 29.4 Å². The molecular weight excluding hydrogens is 430 g/mol. The number of fused-ring (bicyclic) bond motifs is 2. The summed E-state index contributed by atoms with van der Waals surface area (Å²) in [5, 5.41) is 7.91. The first-order valence-corrected chi connectivity index (χ1v) is 11.1. The van der Waals surface area contributed by atoms with Crippen LogP contribution in [0.5, 0.6) is 0 Å². The first-order chi connectivity index (χ1) is 16.5. The molecule has 0 spiro atoms. The molecule has 1 saturated heterocycles. The van der Waals surface area contributed by atoms with Gasteiger partial charge in [-0.25, -0.2) is 0 Å². The summed E-state index contributed by atoms with van der Waals surface area (Å²) in [6.45, 7) is 0.337. The van der Waals surface area contributed by atoms with Crippen LogP contribution >= 0.6 is 0 Å². The Morgan fingerprint density at radius 1 is 1.00 bits per heavy atom. The summed E-state index contributed by atoms with van der Waals surface area (Å²) < 4.78 is 1.84. The lowest BCUT2D eigenvalue weighted by Gasteiger charge is -2.29. The van der Waals surface area contributed by atoms with Crippen LogP contribution in [-0.2, 0) is 23.2 Å². The Kier molecular flexibility index (Phi) is 4.55. The van der Waals surface area contributed by atoms with Crippen LogP contribution in [0, 0.1) is 0 Å². The maximum absolute atomic E-state index is 13.0. The molecule has 2 aromatic carbocycles. The van der Waals surface area contributed by atoms with Gasteiger partial charge in [-0.1, -0.05) is 24.3 Å². The summed E-state index contributed by atoms with van der Waals surface area (Å²) in [6.07, 6.45) is 4.19. The number of hydrogen-bond donors (Lipinski definition) is 1. The van der Waals surface area contributed by atoms with Crippen molar-refractivity contribution in [2.24, 2.45) is 7.05 Å². The van der Waals surface area contributed by atoms with Crippen molar-refractivity contribution in [3.63, 3.8) is 0 Å². The topological polar surface area (TPSA) is 97.2 Å². The molecule has 1 fully saturated rings. The second-order valence-corrected chi connectivity index (χ2v) is 8.71. The second-order valence-electron chi connectivity index (χ2n) is 8.71. The van der Waals surface area contributed by atoms with Crippen molar-refractivity contribution in [3.05, 3.63) is 72.1 Å². The van der Waals surface area contributed by atoms with E-state index in [1.807, 2.05) is 54.3 Å². The van der Waals surface area contributed by atoms with Crippen molar-refractivity contribution in [1.82, 2.24) is 25.0 Å². The molecule has 8 heteroatoms. The number of aromatic nitrogens is 3. The smallest absolute Gasteiger partial charge is 0.255 e. The number of hydrogen-bond acceptors (Lipinski definition) is 5. The van der Waals surface area contributed by atoms with Gasteiger partial charge >= 0.3 is 0 Å². The number of piperidine rings is 1. The van der Waals surface area contributed by atoms with E-state index in [1.165, 1.54) is 0 Å². The average Bonchev–Trinajstić information content (AvgIpc) is 3.38. The van der Waals surface area contributed by atoms with Crippen LogP contribution in [0.1, 0.15) is 28.8 Å². The van der Waals surface area contributed by atoms with E-state index in [0.29, 0.717) is 18.5 Å². The van der Waals surface area contributed by atoms with E-state index in [0.717, 1.165) is 38.9 Å². The van der Waals surface area contributed by atoms with Gasteiger partial charge in [0.05, 0.1) is 17.4 Å². The fraction of sp³-hybridized carbons (Fsp3) is 0.192. The highest BCUT2D eigenvalue weighted by Gasteiger charge is 2.39. The predicted octanol–water partition coefficient (Wildman–Crippen LogP) is 3.06. The Labute approximate surface area is 195 Å². The summed E-state index contributed by atoms with van der Waals surface area (Å²) >= 11 is 0. The average molecular weight is 451 g/mol. The van der Waals surface area contributed by atoms with Crippen molar-refractivity contribution < 1.29 is 14.4 Å². The molecule has 4 aromatic rings. The molecule has 1 N–H and O–H groups in total. The third kappa shape index (κ3) is 3.18. The standard InChI is InChI=1S/C26H21N5O3/c1-30-24(17-5-4-15-3-2-10-27-21(15)12-17)20(13-28-30)16-6-7-19-18(11-16)14-31(26(19)34)22-8-9-23(32)29-25(22)33/h2-7,10-13,22H,8-9,14H2,1H3,(H,29,32,33)/t22-/m0/s1. The zero-order chi connectivity index (χ0) is 23.4. The molecule has 168 valence electrons. The van der Waals surface area contributed by atoms with Gasteiger partial charge in [0.25, 0.3) is 5.91 Å². The Morgan fingerprint density at radius 2 is 1.85 bits per heavy atom. The van der Waals surface area contributed by atoms with E-state index in [1.54, 1.807) is 11.1 Å². The fourth-order valence-electron chi connectivity index (χ4n) is 4.95. The lowest BCUT2D eigenvalue weighted by atomic mass is 9.97.